The number of nitrogens with two attached hydrogens (primary N) is 2. The molecule has 2 aromatic carbocycles. The number of allylic oxidation sites excluding steroid dienone is 1. The number of nitroso groups, excluding NO2 is 1. The van der Waals surface area contributed by atoms with Gasteiger partial charge < -0.3 is 31.0 Å². The molecule has 15 heteroatoms. The highest BCUT2D eigenvalue weighted by atomic mass is 32.2. The first-order valence-electron chi connectivity index (χ1n) is 13.8. The van der Waals surface area contributed by atoms with E-state index in [2.05, 4.69) is 10.5 Å². The van der Waals surface area contributed by atoms with Crippen molar-refractivity contribution in [1.82, 2.24) is 4.90 Å². The molecule has 2 amide bonds. The van der Waals surface area contributed by atoms with Crippen LogP contribution in [0.25, 0.3) is 0 Å². The first kappa shape index (κ1) is 31.8. The summed E-state index contributed by atoms with van der Waals surface area (Å²) < 4.78 is 0. The van der Waals surface area contributed by atoms with Gasteiger partial charge in [0.05, 0.1) is 17.3 Å². The van der Waals surface area contributed by atoms with Gasteiger partial charge >= 0.3 is 0 Å². The van der Waals surface area contributed by atoms with E-state index in [-0.39, 0.29) is 35.4 Å². The van der Waals surface area contributed by atoms with Gasteiger partial charge in [0, 0.05) is 36.2 Å². The van der Waals surface area contributed by atoms with Crippen LogP contribution < -0.4 is 26.7 Å². The number of amides is 2. The van der Waals surface area contributed by atoms with Gasteiger partial charge in [0.1, 0.15) is 17.0 Å². The SMILES string of the molecule is CN(C)c1cc(NC(=O)Sc2ccccc2)c(ON)c2c1C[C@H]1C[C@H]3[C@H](N(C)C)C(=O)C(C(N)=O)=C(O)[C@@]3(O)C(N=O)=C1C2=O. The average molecular weight is 637 g/mol. The molecule has 3 aliphatic carbocycles. The molecule has 0 spiro atoms. The van der Waals surface area contributed by atoms with E-state index in [0.717, 1.165) is 11.8 Å². The number of thioether (sulfide) groups is 1. The maximum atomic E-state index is 14.4. The fraction of sp³-hybridized carbons (Fsp3) is 0.333. The number of nitrogens with zero attached hydrogens (tertiary/aromatic N) is 3. The molecule has 0 saturated heterocycles. The van der Waals surface area contributed by atoms with Crippen molar-refractivity contribution in [2.45, 2.75) is 29.4 Å². The number of carbonyl (C=O) groups excluding carboxylic acids is 4. The predicted molar refractivity (Wildman–Crippen MR) is 166 cm³/mol. The lowest BCUT2D eigenvalue weighted by Crippen LogP contribution is -2.62. The standard InChI is InChI=1S/C30H32N6O8S/c1-35(2)18-12-17(33-29(41)45-14-8-6-5-7-9-14)25(44-32)20-15(18)10-13-11-16-22(36(3)4)24(38)21(28(31)40)27(39)30(16,42)26(34-43)19(13)23(20)37/h5-9,12-13,16,22,39,42H,10-11,32H2,1-4H3,(H2,31,40)(H,33,41)/t13-,16-,22-,30-/m0/s1. The van der Waals surface area contributed by atoms with Crippen molar-refractivity contribution in [1.29, 1.82) is 0 Å². The first-order valence-corrected chi connectivity index (χ1v) is 14.7. The van der Waals surface area contributed by atoms with Crippen LogP contribution in [0.1, 0.15) is 22.3 Å². The zero-order chi connectivity index (χ0) is 33.0. The second-order valence-electron chi connectivity index (χ2n) is 11.5. The molecule has 14 nitrogen and oxygen atoms in total. The Hall–Kier alpha value is -4.57. The van der Waals surface area contributed by atoms with Crippen LogP contribution in [0, 0.1) is 16.7 Å². The molecule has 0 unspecified atom stereocenters. The molecule has 2 aromatic rings. The van der Waals surface area contributed by atoms with Crippen molar-refractivity contribution in [2.75, 3.05) is 38.4 Å². The van der Waals surface area contributed by atoms with Crippen LogP contribution in [-0.4, -0.2) is 77.7 Å². The van der Waals surface area contributed by atoms with Gasteiger partial charge in [0.2, 0.25) is 0 Å². The van der Waals surface area contributed by atoms with Crippen LogP contribution in [-0.2, 0) is 16.0 Å². The summed E-state index contributed by atoms with van der Waals surface area (Å²) in [7, 11) is 6.57. The molecule has 5 rings (SSSR count). The van der Waals surface area contributed by atoms with Crippen molar-refractivity contribution >= 4 is 45.8 Å². The molecule has 0 saturated carbocycles. The van der Waals surface area contributed by atoms with E-state index in [4.69, 9.17) is 16.5 Å². The number of aliphatic hydroxyl groups is 2. The molecule has 0 bridgehead atoms. The summed E-state index contributed by atoms with van der Waals surface area (Å²) in [6, 6.07) is 9.30. The van der Waals surface area contributed by atoms with Gasteiger partial charge in [-0.2, -0.15) is 5.90 Å². The zero-order valence-corrected chi connectivity index (χ0v) is 25.7. The van der Waals surface area contributed by atoms with Gasteiger partial charge in [0.15, 0.2) is 22.9 Å². The largest absolute Gasteiger partial charge is 0.508 e. The fourth-order valence-electron chi connectivity index (χ4n) is 6.74. The van der Waals surface area contributed by atoms with E-state index in [1.165, 1.54) is 4.90 Å². The molecular weight excluding hydrogens is 604 g/mol. The number of fused-ring (bicyclic) bond motifs is 3. The second-order valence-corrected chi connectivity index (χ2v) is 12.6. The minimum atomic E-state index is -2.68. The van der Waals surface area contributed by atoms with E-state index in [1.807, 2.05) is 6.07 Å². The van der Waals surface area contributed by atoms with E-state index in [0.29, 0.717) is 16.1 Å². The number of carbonyl (C=O) groups is 4. The van der Waals surface area contributed by atoms with Gasteiger partial charge in [0.25, 0.3) is 11.1 Å². The Bertz CT molecular complexity index is 1710. The molecule has 0 aliphatic heterocycles. The van der Waals surface area contributed by atoms with Crippen molar-refractivity contribution in [3.05, 3.63) is 75.0 Å². The number of likely N-dealkylation sites (N-methyl/N-ethyl adjacent to an activating group) is 1. The Balaban J connectivity index is 1.71. The van der Waals surface area contributed by atoms with Gasteiger partial charge in [-0.3, -0.25) is 24.1 Å². The predicted octanol–water partition coefficient (Wildman–Crippen LogP) is 2.27. The number of benzene rings is 2. The highest BCUT2D eigenvalue weighted by Gasteiger charge is 2.63. The zero-order valence-electron chi connectivity index (χ0n) is 24.9. The molecule has 0 heterocycles. The second kappa shape index (κ2) is 11.7. The molecule has 45 heavy (non-hydrogen) atoms. The van der Waals surface area contributed by atoms with Crippen LogP contribution in [0.5, 0.6) is 5.75 Å². The monoisotopic (exact) mass is 636 g/mol. The number of rotatable bonds is 7. The molecular formula is C30H32N6O8S. The van der Waals surface area contributed by atoms with Gasteiger partial charge in [-0.1, -0.05) is 18.2 Å². The summed E-state index contributed by atoms with van der Waals surface area (Å²) >= 11 is 0.904. The van der Waals surface area contributed by atoms with E-state index < -0.39 is 63.2 Å². The molecule has 7 N–H and O–H groups in total. The quantitative estimate of drug-likeness (QED) is 0.128. The summed E-state index contributed by atoms with van der Waals surface area (Å²) in [6.45, 7) is 0. The fourth-order valence-corrected chi connectivity index (χ4v) is 7.41. The van der Waals surface area contributed by atoms with Crippen LogP contribution >= 0.6 is 11.8 Å². The van der Waals surface area contributed by atoms with Crippen molar-refractivity contribution in [2.24, 2.45) is 28.6 Å². The molecule has 3 aliphatic rings. The van der Waals surface area contributed by atoms with Crippen LogP contribution in [0.3, 0.4) is 0 Å². The summed E-state index contributed by atoms with van der Waals surface area (Å²) in [6.07, 6.45) is 0.0823. The normalized spacial score (nSPS) is 24.1. The number of nitrogens with one attached hydrogen (secondary N) is 1. The Morgan fingerprint density at radius 3 is 2.38 bits per heavy atom. The molecule has 4 atom stereocenters. The molecule has 0 fully saturated rings. The maximum Gasteiger partial charge on any atom is 0.288 e. The Kier molecular flexibility index (Phi) is 8.31. The highest BCUT2D eigenvalue weighted by Crippen LogP contribution is 2.55. The van der Waals surface area contributed by atoms with Gasteiger partial charge in [-0.25, -0.2) is 0 Å². The summed E-state index contributed by atoms with van der Waals surface area (Å²) in [5, 5.41) is 28.5. The first-order chi connectivity index (χ1) is 21.3. The molecule has 236 valence electrons. The third kappa shape index (κ3) is 4.97. The van der Waals surface area contributed by atoms with Crippen LogP contribution in [0.2, 0.25) is 0 Å². The summed E-state index contributed by atoms with van der Waals surface area (Å²) in [4.78, 5) is 74.6. The Labute approximate surface area is 262 Å². The lowest BCUT2D eigenvalue weighted by atomic mass is 9.58. The highest BCUT2D eigenvalue weighted by molar-refractivity contribution is 8.13. The van der Waals surface area contributed by atoms with E-state index in [9.17, 15) is 34.3 Å². The third-order valence-corrected chi connectivity index (χ3v) is 9.36. The van der Waals surface area contributed by atoms with Crippen LogP contribution in [0.15, 0.2) is 69.1 Å². The summed E-state index contributed by atoms with van der Waals surface area (Å²) in [5.41, 5.74) is 1.92. The molecule has 0 radical (unpaired) electrons. The number of ketones is 2. The van der Waals surface area contributed by atoms with Crippen molar-refractivity contribution < 1.29 is 34.2 Å². The van der Waals surface area contributed by atoms with Crippen LogP contribution in [0.4, 0.5) is 16.2 Å². The molecule has 0 aromatic heterocycles. The minimum absolute atomic E-state index is 0.0430. The van der Waals surface area contributed by atoms with Crippen molar-refractivity contribution in [3.8, 4) is 5.75 Å². The number of anilines is 2. The van der Waals surface area contributed by atoms with Crippen molar-refractivity contribution in [3.63, 3.8) is 0 Å². The number of primary amides is 1. The summed E-state index contributed by atoms with van der Waals surface area (Å²) in [5.74, 6) is -0.456. The lowest BCUT2D eigenvalue weighted by Gasteiger charge is -2.50. The minimum Gasteiger partial charge on any atom is -0.508 e. The van der Waals surface area contributed by atoms with E-state index in [1.54, 1.807) is 63.4 Å². The third-order valence-electron chi connectivity index (χ3n) is 8.56. The smallest absolute Gasteiger partial charge is 0.288 e. The van der Waals surface area contributed by atoms with E-state index >= 15 is 0 Å². The topological polar surface area (TPSA) is 218 Å². The van der Waals surface area contributed by atoms with Gasteiger partial charge in [-0.05, 0) is 73.6 Å². The number of Topliss-reactive ketones (excluding diaryl/α,β-unsaturated/α-hetero) is 2. The average Bonchev–Trinajstić information content (AvgIpc) is 2.97. The Morgan fingerprint density at radius 1 is 1.16 bits per heavy atom. The Morgan fingerprint density at radius 2 is 1.82 bits per heavy atom. The number of hydrogen-bond donors (Lipinski definition) is 5. The number of hydrogen-bond acceptors (Lipinski definition) is 13. The lowest BCUT2D eigenvalue weighted by molar-refractivity contribution is -0.134. The van der Waals surface area contributed by atoms with Gasteiger partial charge in [-0.15, -0.1) is 4.91 Å². The maximum absolute atomic E-state index is 14.4. The number of aliphatic hydroxyl groups excluding tert-OH is 1.